The molecule has 2 aliphatic heterocycles. The van der Waals surface area contributed by atoms with Crippen molar-refractivity contribution in [3.8, 4) is 0 Å². The molecule has 0 aromatic heterocycles. The van der Waals surface area contributed by atoms with Gasteiger partial charge in [0, 0.05) is 20.2 Å². The van der Waals surface area contributed by atoms with Crippen LogP contribution >= 0.6 is 11.8 Å². The molecule has 5 atom stereocenters. The molecule has 0 bridgehead atoms. The number of thioether (sulfide) groups is 1. The minimum atomic E-state index is -0.992. The van der Waals surface area contributed by atoms with E-state index < -0.39 is 24.4 Å². The number of ether oxygens (including phenoxy) is 1. The Morgan fingerprint density at radius 3 is 2.72 bits per heavy atom. The SMILES string of the molecule is CCN(C)C1=N[C@@H]2[C@@H](O)[C@H](O)[C@@H](CCO)O[C@@H]2S1. The Hall–Kier alpha value is -0.340. The van der Waals surface area contributed by atoms with Crippen LogP contribution in [0.2, 0.25) is 0 Å². The van der Waals surface area contributed by atoms with Crippen LogP contribution in [0.25, 0.3) is 0 Å². The molecule has 18 heavy (non-hydrogen) atoms. The smallest absolute Gasteiger partial charge is 0.162 e. The molecule has 104 valence electrons. The summed E-state index contributed by atoms with van der Waals surface area (Å²) in [6.07, 6.45) is -2.13. The highest BCUT2D eigenvalue weighted by atomic mass is 32.2. The van der Waals surface area contributed by atoms with E-state index in [1.54, 1.807) is 0 Å². The normalized spacial score (nSPS) is 39.4. The molecule has 0 unspecified atom stereocenters. The quantitative estimate of drug-likeness (QED) is 0.628. The molecule has 3 N–H and O–H groups in total. The van der Waals surface area contributed by atoms with E-state index in [2.05, 4.69) is 4.99 Å². The van der Waals surface area contributed by atoms with E-state index in [9.17, 15) is 10.2 Å². The number of fused-ring (bicyclic) bond motifs is 1. The molecule has 0 aromatic rings. The molecule has 0 aliphatic carbocycles. The molecular weight excluding hydrogens is 256 g/mol. The summed E-state index contributed by atoms with van der Waals surface area (Å²) >= 11 is 1.46. The van der Waals surface area contributed by atoms with Crippen LogP contribution < -0.4 is 0 Å². The van der Waals surface area contributed by atoms with E-state index in [1.165, 1.54) is 11.8 Å². The van der Waals surface area contributed by atoms with E-state index in [0.29, 0.717) is 6.42 Å². The maximum atomic E-state index is 10.1. The van der Waals surface area contributed by atoms with Crippen LogP contribution in [-0.2, 0) is 4.74 Å². The minimum absolute atomic E-state index is 0.0704. The van der Waals surface area contributed by atoms with Crippen molar-refractivity contribution in [3.63, 3.8) is 0 Å². The van der Waals surface area contributed by atoms with Gasteiger partial charge in [0.2, 0.25) is 0 Å². The van der Waals surface area contributed by atoms with Gasteiger partial charge in [0.05, 0.1) is 6.10 Å². The lowest BCUT2D eigenvalue weighted by Gasteiger charge is -2.38. The Kier molecular flexibility index (Phi) is 4.50. The van der Waals surface area contributed by atoms with Gasteiger partial charge in [-0.3, -0.25) is 4.99 Å². The van der Waals surface area contributed by atoms with E-state index in [4.69, 9.17) is 9.84 Å². The first-order valence-electron chi connectivity index (χ1n) is 6.16. The van der Waals surface area contributed by atoms with Gasteiger partial charge in [0.25, 0.3) is 0 Å². The van der Waals surface area contributed by atoms with E-state index >= 15 is 0 Å². The Balaban J connectivity index is 2.08. The summed E-state index contributed by atoms with van der Waals surface area (Å²) in [6.45, 7) is 2.77. The van der Waals surface area contributed by atoms with Gasteiger partial charge in [-0.05, 0) is 13.3 Å². The largest absolute Gasteiger partial charge is 0.396 e. The molecule has 2 heterocycles. The van der Waals surface area contributed by atoms with E-state index in [0.717, 1.165) is 11.7 Å². The Morgan fingerprint density at radius 2 is 2.11 bits per heavy atom. The molecule has 0 saturated carbocycles. The number of hydrogen-bond donors (Lipinski definition) is 3. The summed E-state index contributed by atoms with van der Waals surface area (Å²) < 4.78 is 5.71. The summed E-state index contributed by atoms with van der Waals surface area (Å²) in [4.78, 5) is 6.39. The standard InChI is InChI=1S/C11H20N2O4S/c1-3-13(2)11-12-7-9(16)8(15)6(4-5-14)17-10(7)18-11/h6-10,14-16H,3-5H2,1-2H3/t6-,7-,8-,9-,10-/m1/s1. The van der Waals surface area contributed by atoms with Crippen molar-refractivity contribution in [2.24, 2.45) is 4.99 Å². The van der Waals surface area contributed by atoms with Crippen molar-refractivity contribution >= 4 is 16.9 Å². The molecule has 0 radical (unpaired) electrons. The van der Waals surface area contributed by atoms with Crippen LogP contribution in [0.1, 0.15) is 13.3 Å². The van der Waals surface area contributed by atoms with E-state index in [-0.39, 0.29) is 12.0 Å². The molecule has 1 fully saturated rings. The zero-order valence-electron chi connectivity index (χ0n) is 10.6. The van der Waals surface area contributed by atoms with Gasteiger partial charge >= 0.3 is 0 Å². The van der Waals surface area contributed by atoms with Gasteiger partial charge in [-0.2, -0.15) is 0 Å². The Morgan fingerprint density at radius 1 is 1.39 bits per heavy atom. The zero-order valence-corrected chi connectivity index (χ0v) is 11.4. The van der Waals surface area contributed by atoms with Crippen molar-refractivity contribution in [2.45, 2.75) is 43.1 Å². The van der Waals surface area contributed by atoms with Gasteiger partial charge in [0.15, 0.2) is 5.17 Å². The Labute approximate surface area is 111 Å². The molecule has 0 spiro atoms. The lowest BCUT2D eigenvalue weighted by molar-refractivity contribution is -0.156. The summed E-state index contributed by atoms with van der Waals surface area (Å²) in [5, 5.41) is 29.7. The fourth-order valence-electron chi connectivity index (χ4n) is 2.10. The first kappa shape index (κ1) is 14.1. The third-order valence-electron chi connectivity index (χ3n) is 3.36. The van der Waals surface area contributed by atoms with Crippen molar-refractivity contribution in [3.05, 3.63) is 0 Å². The number of amidine groups is 1. The predicted molar refractivity (Wildman–Crippen MR) is 69.5 cm³/mol. The van der Waals surface area contributed by atoms with Crippen molar-refractivity contribution < 1.29 is 20.1 Å². The fraction of sp³-hybridized carbons (Fsp3) is 0.909. The molecule has 7 heteroatoms. The molecule has 6 nitrogen and oxygen atoms in total. The summed E-state index contributed by atoms with van der Waals surface area (Å²) in [5.41, 5.74) is -0.274. The number of hydrogen-bond acceptors (Lipinski definition) is 7. The maximum Gasteiger partial charge on any atom is 0.162 e. The highest BCUT2D eigenvalue weighted by Gasteiger charge is 2.48. The Bertz CT molecular complexity index is 328. The minimum Gasteiger partial charge on any atom is -0.396 e. The second kappa shape index (κ2) is 5.75. The highest BCUT2D eigenvalue weighted by Crippen LogP contribution is 2.37. The summed E-state index contributed by atoms with van der Waals surface area (Å²) in [6, 6.07) is -0.427. The molecule has 2 aliphatic rings. The van der Waals surface area contributed by atoms with Crippen molar-refractivity contribution in [2.75, 3.05) is 20.2 Å². The molecular formula is C11H20N2O4S. The summed E-state index contributed by atoms with van der Waals surface area (Å²) in [7, 11) is 1.93. The average molecular weight is 276 g/mol. The first-order valence-corrected chi connectivity index (χ1v) is 7.04. The van der Waals surface area contributed by atoms with Gasteiger partial charge in [-0.15, -0.1) is 0 Å². The van der Waals surface area contributed by atoms with E-state index in [1.807, 2.05) is 18.9 Å². The van der Waals surface area contributed by atoms with Gasteiger partial charge in [-0.25, -0.2) is 0 Å². The number of aliphatic imine (C=N–C) groups is 1. The van der Waals surface area contributed by atoms with Crippen LogP contribution in [-0.4, -0.2) is 75.4 Å². The molecule has 1 saturated heterocycles. The highest BCUT2D eigenvalue weighted by molar-refractivity contribution is 8.14. The van der Waals surface area contributed by atoms with Gasteiger partial charge in [-0.1, -0.05) is 11.8 Å². The number of aliphatic hydroxyl groups excluding tert-OH is 3. The second-order valence-electron chi connectivity index (χ2n) is 4.57. The van der Waals surface area contributed by atoms with Crippen molar-refractivity contribution in [1.82, 2.24) is 4.90 Å². The average Bonchev–Trinajstić information content (AvgIpc) is 2.79. The van der Waals surface area contributed by atoms with Gasteiger partial charge < -0.3 is 25.0 Å². The second-order valence-corrected chi connectivity index (χ2v) is 5.64. The predicted octanol–water partition coefficient (Wildman–Crippen LogP) is -0.761. The van der Waals surface area contributed by atoms with Crippen LogP contribution in [0.4, 0.5) is 0 Å². The summed E-state index contributed by atoms with van der Waals surface area (Å²) in [5.74, 6) is 0. The monoisotopic (exact) mass is 276 g/mol. The topological polar surface area (TPSA) is 85.5 Å². The van der Waals surface area contributed by atoms with Crippen molar-refractivity contribution in [1.29, 1.82) is 0 Å². The van der Waals surface area contributed by atoms with Crippen LogP contribution in [0, 0.1) is 0 Å². The lowest BCUT2D eigenvalue weighted by atomic mass is 9.96. The number of aliphatic hydroxyl groups is 3. The number of rotatable bonds is 3. The third-order valence-corrected chi connectivity index (χ3v) is 4.61. The first-order chi connectivity index (χ1) is 8.58. The van der Waals surface area contributed by atoms with Gasteiger partial charge in [0.1, 0.15) is 23.7 Å². The molecule has 0 aromatic carbocycles. The van der Waals surface area contributed by atoms with Crippen LogP contribution in [0.3, 0.4) is 0 Å². The maximum absolute atomic E-state index is 10.1. The molecule has 0 amide bonds. The lowest BCUT2D eigenvalue weighted by Crippen LogP contribution is -2.54. The van der Waals surface area contributed by atoms with Crippen LogP contribution in [0.15, 0.2) is 4.99 Å². The van der Waals surface area contributed by atoms with Crippen LogP contribution in [0.5, 0.6) is 0 Å². The third kappa shape index (κ3) is 2.50. The zero-order chi connectivity index (χ0) is 13.3. The number of nitrogens with zero attached hydrogens (tertiary/aromatic N) is 2. The fourth-order valence-corrected chi connectivity index (χ4v) is 3.36. The molecule has 2 rings (SSSR count).